The summed E-state index contributed by atoms with van der Waals surface area (Å²) in [5.74, 6) is -0.829. The normalized spacial score (nSPS) is 20.1. The number of carbonyl (C=O) groups excluding carboxylic acids is 1. The zero-order valence-electron chi connectivity index (χ0n) is 18.4. The number of halogens is 2. The van der Waals surface area contributed by atoms with Crippen LogP contribution in [0.15, 0.2) is 72.8 Å². The molecule has 0 aliphatic carbocycles. The van der Waals surface area contributed by atoms with Crippen LogP contribution in [-0.4, -0.2) is 36.5 Å². The fraction of sp³-hybridized carbons (Fsp3) is 0.296. The molecular formula is C27H27F2N3O. The predicted molar refractivity (Wildman–Crippen MR) is 125 cm³/mol. The van der Waals surface area contributed by atoms with Crippen molar-refractivity contribution in [1.29, 1.82) is 0 Å². The molecule has 0 saturated carbocycles. The van der Waals surface area contributed by atoms with Crippen LogP contribution >= 0.6 is 0 Å². The van der Waals surface area contributed by atoms with Gasteiger partial charge < -0.3 is 10.2 Å². The van der Waals surface area contributed by atoms with Gasteiger partial charge in [-0.2, -0.15) is 0 Å². The number of amides is 1. The predicted octanol–water partition coefficient (Wildman–Crippen LogP) is 4.14. The van der Waals surface area contributed by atoms with Gasteiger partial charge >= 0.3 is 0 Å². The van der Waals surface area contributed by atoms with Crippen molar-refractivity contribution in [3.05, 3.63) is 101 Å². The molecule has 0 spiro atoms. The Kier molecular flexibility index (Phi) is 6.09. The molecule has 170 valence electrons. The summed E-state index contributed by atoms with van der Waals surface area (Å²) in [5, 5.41) is 2.98. The maximum atomic E-state index is 14.0. The molecule has 1 N–H and O–H groups in total. The molecule has 1 amide bonds. The van der Waals surface area contributed by atoms with Crippen molar-refractivity contribution in [3.63, 3.8) is 0 Å². The Morgan fingerprint density at radius 2 is 1.70 bits per heavy atom. The first kappa shape index (κ1) is 21.6. The lowest BCUT2D eigenvalue weighted by molar-refractivity contribution is -0.126. The van der Waals surface area contributed by atoms with Gasteiger partial charge in [-0.15, -0.1) is 0 Å². The monoisotopic (exact) mass is 447 g/mol. The Labute approximate surface area is 192 Å². The zero-order chi connectivity index (χ0) is 22.8. The van der Waals surface area contributed by atoms with E-state index in [2.05, 4.69) is 27.2 Å². The van der Waals surface area contributed by atoms with Crippen LogP contribution in [0.5, 0.6) is 0 Å². The molecule has 2 aliphatic heterocycles. The van der Waals surface area contributed by atoms with Crippen molar-refractivity contribution in [2.75, 3.05) is 24.5 Å². The van der Waals surface area contributed by atoms with Crippen LogP contribution in [0.25, 0.3) is 0 Å². The highest BCUT2D eigenvalue weighted by Crippen LogP contribution is 2.36. The highest BCUT2D eigenvalue weighted by atomic mass is 19.1. The summed E-state index contributed by atoms with van der Waals surface area (Å²) in [7, 11) is 0. The number of hydrogen-bond donors (Lipinski definition) is 1. The fourth-order valence-electron chi connectivity index (χ4n) is 5.06. The van der Waals surface area contributed by atoms with E-state index >= 15 is 0 Å². The SMILES string of the molecule is O=C(NCc1ccccc1F)[C@H]1Cc2ccccc2N2CCN(Cc3ccc(F)cc3)C[C@@H]12. The molecule has 2 heterocycles. The summed E-state index contributed by atoms with van der Waals surface area (Å²) >= 11 is 0. The van der Waals surface area contributed by atoms with Crippen LogP contribution in [0.1, 0.15) is 16.7 Å². The molecule has 6 heteroatoms. The number of carbonyl (C=O) groups is 1. The van der Waals surface area contributed by atoms with Crippen molar-refractivity contribution < 1.29 is 13.6 Å². The first-order chi connectivity index (χ1) is 16.1. The molecule has 2 atom stereocenters. The van der Waals surface area contributed by atoms with Gasteiger partial charge in [-0.3, -0.25) is 9.69 Å². The van der Waals surface area contributed by atoms with E-state index in [0.29, 0.717) is 12.0 Å². The van der Waals surface area contributed by atoms with E-state index in [-0.39, 0.29) is 36.0 Å². The van der Waals surface area contributed by atoms with E-state index in [0.717, 1.165) is 31.7 Å². The minimum atomic E-state index is -0.309. The highest BCUT2D eigenvalue weighted by Gasteiger charge is 2.41. The Morgan fingerprint density at radius 3 is 2.52 bits per heavy atom. The molecule has 0 bridgehead atoms. The fourth-order valence-corrected chi connectivity index (χ4v) is 5.06. The van der Waals surface area contributed by atoms with Gasteiger partial charge in [-0.05, 0) is 41.8 Å². The second kappa shape index (κ2) is 9.32. The number of anilines is 1. The third-order valence-electron chi connectivity index (χ3n) is 6.78. The minimum absolute atomic E-state index is 0.0229. The lowest BCUT2D eigenvalue weighted by Gasteiger charge is -2.49. The summed E-state index contributed by atoms with van der Waals surface area (Å²) in [4.78, 5) is 18.0. The largest absolute Gasteiger partial charge is 0.365 e. The van der Waals surface area contributed by atoms with Crippen molar-refractivity contribution in [2.45, 2.75) is 25.6 Å². The quantitative estimate of drug-likeness (QED) is 0.639. The Morgan fingerprint density at radius 1 is 0.939 bits per heavy atom. The lowest BCUT2D eigenvalue weighted by Crippen LogP contribution is -2.60. The Balaban J connectivity index is 1.35. The van der Waals surface area contributed by atoms with E-state index in [4.69, 9.17) is 0 Å². The third kappa shape index (κ3) is 4.62. The Hall–Kier alpha value is -3.25. The van der Waals surface area contributed by atoms with Crippen molar-refractivity contribution >= 4 is 11.6 Å². The standard InChI is InChI=1S/C27H27F2N3O/c28-22-11-9-19(10-12-22)17-31-13-14-32-25-8-4-2-5-20(25)15-23(26(32)18-31)27(33)30-16-21-6-1-3-7-24(21)29/h1-12,23,26H,13-18H2,(H,30,33)/t23-,26-/m0/s1. The summed E-state index contributed by atoms with van der Waals surface area (Å²) in [6, 6.07) is 21.4. The minimum Gasteiger partial charge on any atom is -0.365 e. The average Bonchev–Trinajstić information content (AvgIpc) is 2.84. The molecule has 1 fully saturated rings. The van der Waals surface area contributed by atoms with E-state index in [1.54, 1.807) is 18.2 Å². The van der Waals surface area contributed by atoms with Crippen LogP contribution in [0, 0.1) is 17.6 Å². The van der Waals surface area contributed by atoms with E-state index in [9.17, 15) is 13.6 Å². The number of piperazine rings is 1. The first-order valence-electron chi connectivity index (χ1n) is 11.4. The van der Waals surface area contributed by atoms with Crippen LogP contribution in [0.3, 0.4) is 0 Å². The Bertz CT molecular complexity index is 1130. The van der Waals surface area contributed by atoms with Crippen LogP contribution < -0.4 is 10.2 Å². The van der Waals surface area contributed by atoms with Gasteiger partial charge in [0.1, 0.15) is 11.6 Å². The lowest BCUT2D eigenvalue weighted by atomic mass is 9.83. The van der Waals surface area contributed by atoms with Gasteiger partial charge in [0.2, 0.25) is 5.91 Å². The van der Waals surface area contributed by atoms with E-state index < -0.39 is 0 Å². The maximum absolute atomic E-state index is 14.0. The molecule has 0 radical (unpaired) electrons. The molecule has 1 saturated heterocycles. The molecule has 3 aromatic rings. The zero-order valence-corrected chi connectivity index (χ0v) is 18.4. The van der Waals surface area contributed by atoms with Gasteiger partial charge in [0.15, 0.2) is 0 Å². The van der Waals surface area contributed by atoms with Gasteiger partial charge in [0.25, 0.3) is 0 Å². The summed E-state index contributed by atoms with van der Waals surface area (Å²) in [5.41, 5.74) is 3.91. The van der Waals surface area contributed by atoms with Crippen LogP contribution in [-0.2, 0) is 24.3 Å². The second-order valence-corrected chi connectivity index (χ2v) is 8.87. The number of para-hydroxylation sites is 1. The number of hydrogen-bond acceptors (Lipinski definition) is 3. The summed E-state index contributed by atoms with van der Waals surface area (Å²) < 4.78 is 27.3. The number of benzene rings is 3. The third-order valence-corrected chi connectivity index (χ3v) is 6.78. The van der Waals surface area contributed by atoms with E-state index in [1.165, 1.54) is 29.4 Å². The highest BCUT2D eigenvalue weighted by molar-refractivity contribution is 5.82. The molecule has 0 aromatic heterocycles. The maximum Gasteiger partial charge on any atom is 0.225 e. The molecule has 33 heavy (non-hydrogen) atoms. The van der Waals surface area contributed by atoms with Gasteiger partial charge in [0.05, 0.1) is 12.0 Å². The van der Waals surface area contributed by atoms with Crippen molar-refractivity contribution in [1.82, 2.24) is 10.2 Å². The first-order valence-corrected chi connectivity index (χ1v) is 11.4. The second-order valence-electron chi connectivity index (χ2n) is 8.87. The summed E-state index contributed by atoms with van der Waals surface area (Å²) in [6.45, 7) is 3.32. The van der Waals surface area contributed by atoms with Gasteiger partial charge in [-0.1, -0.05) is 48.5 Å². The molecule has 4 nitrogen and oxygen atoms in total. The topological polar surface area (TPSA) is 35.6 Å². The van der Waals surface area contributed by atoms with Crippen LogP contribution in [0.2, 0.25) is 0 Å². The number of fused-ring (bicyclic) bond motifs is 3. The molecule has 0 unspecified atom stereocenters. The number of rotatable bonds is 5. The van der Waals surface area contributed by atoms with Gasteiger partial charge in [0, 0.05) is 44.0 Å². The summed E-state index contributed by atoms with van der Waals surface area (Å²) in [6.07, 6.45) is 0.658. The van der Waals surface area contributed by atoms with Gasteiger partial charge in [-0.25, -0.2) is 8.78 Å². The smallest absolute Gasteiger partial charge is 0.225 e. The number of nitrogens with zero attached hydrogens (tertiary/aromatic N) is 2. The van der Waals surface area contributed by atoms with Crippen molar-refractivity contribution in [3.8, 4) is 0 Å². The van der Waals surface area contributed by atoms with Crippen LogP contribution in [0.4, 0.5) is 14.5 Å². The molecule has 5 rings (SSSR count). The van der Waals surface area contributed by atoms with E-state index in [1.807, 2.05) is 24.3 Å². The van der Waals surface area contributed by atoms with Crippen molar-refractivity contribution in [2.24, 2.45) is 5.92 Å². The molecule has 3 aromatic carbocycles. The molecule has 2 aliphatic rings. The number of nitrogens with one attached hydrogen (secondary N) is 1. The molecular weight excluding hydrogens is 420 g/mol. The average molecular weight is 448 g/mol.